The highest BCUT2D eigenvalue weighted by Gasteiger charge is 2.27. The molecule has 0 amide bonds. The molecule has 7 nitrogen and oxygen atoms in total. The number of nitrogens with zero attached hydrogens (tertiary/aromatic N) is 3. The fraction of sp³-hybridized carbons (Fsp3) is 0.364. The monoisotopic (exact) mass is 413 g/mol. The number of imidazole rings is 1. The maximum atomic E-state index is 14.4. The highest BCUT2D eigenvalue weighted by atomic mass is 19.1. The number of furan rings is 1. The predicted octanol–water partition coefficient (Wildman–Crippen LogP) is 3.18. The van der Waals surface area contributed by atoms with Crippen molar-refractivity contribution in [2.45, 2.75) is 39.8 Å². The molecule has 8 heteroatoms. The fourth-order valence-electron chi connectivity index (χ4n) is 3.29. The SMILES string of the molecule is CCNC(=NCc1ccc(-n2ccnc2)c(F)c1)NCC(C)(O)c1cc(C)oc1C. The Morgan fingerprint density at radius 3 is 2.70 bits per heavy atom. The molecule has 0 saturated heterocycles. The molecule has 30 heavy (non-hydrogen) atoms. The van der Waals surface area contributed by atoms with Crippen LogP contribution in [0.25, 0.3) is 5.69 Å². The summed E-state index contributed by atoms with van der Waals surface area (Å²) in [6.07, 6.45) is 4.85. The number of aliphatic imine (C=N–C) groups is 1. The molecule has 3 N–H and O–H groups in total. The lowest BCUT2D eigenvalue weighted by molar-refractivity contribution is 0.0601. The number of rotatable bonds is 7. The van der Waals surface area contributed by atoms with E-state index in [9.17, 15) is 9.50 Å². The topological polar surface area (TPSA) is 87.6 Å². The van der Waals surface area contributed by atoms with Gasteiger partial charge in [-0.25, -0.2) is 14.4 Å². The van der Waals surface area contributed by atoms with E-state index in [0.29, 0.717) is 30.5 Å². The second kappa shape index (κ2) is 9.13. The third kappa shape index (κ3) is 5.07. The molecule has 0 aliphatic carbocycles. The standard InChI is InChI=1S/C22H28FN5O2/c1-5-25-21(27-13-22(4,29)18-10-15(2)30-16(18)3)26-12-17-6-7-20(19(23)11-17)28-9-8-24-14-28/h6-11,14,29H,5,12-13H2,1-4H3,(H2,25,26,27). The Balaban J connectivity index is 1.68. The van der Waals surface area contributed by atoms with Crippen molar-refractivity contribution in [3.05, 3.63) is 71.5 Å². The molecule has 2 aromatic heterocycles. The molecular weight excluding hydrogens is 385 g/mol. The largest absolute Gasteiger partial charge is 0.466 e. The van der Waals surface area contributed by atoms with E-state index in [1.165, 1.54) is 6.07 Å². The number of guanidine groups is 1. The van der Waals surface area contributed by atoms with Gasteiger partial charge in [0.2, 0.25) is 0 Å². The summed E-state index contributed by atoms with van der Waals surface area (Å²) in [6, 6.07) is 6.85. The molecule has 0 spiro atoms. The quantitative estimate of drug-likeness (QED) is 0.409. The van der Waals surface area contributed by atoms with Crippen LogP contribution in [0.15, 0.2) is 52.4 Å². The summed E-state index contributed by atoms with van der Waals surface area (Å²) in [5.74, 6) is 1.64. The van der Waals surface area contributed by atoms with E-state index in [2.05, 4.69) is 20.6 Å². The first-order chi connectivity index (χ1) is 14.3. The van der Waals surface area contributed by atoms with E-state index in [4.69, 9.17) is 4.42 Å². The van der Waals surface area contributed by atoms with E-state index in [0.717, 1.165) is 16.9 Å². The van der Waals surface area contributed by atoms with Crippen molar-refractivity contribution in [1.82, 2.24) is 20.2 Å². The highest BCUT2D eigenvalue weighted by molar-refractivity contribution is 5.79. The van der Waals surface area contributed by atoms with Crippen molar-refractivity contribution in [1.29, 1.82) is 0 Å². The summed E-state index contributed by atoms with van der Waals surface area (Å²) in [5, 5.41) is 17.2. The maximum Gasteiger partial charge on any atom is 0.191 e. The minimum absolute atomic E-state index is 0.243. The molecule has 3 aromatic rings. The van der Waals surface area contributed by atoms with Crippen molar-refractivity contribution in [3.8, 4) is 5.69 Å². The molecule has 0 fully saturated rings. The molecule has 0 aliphatic heterocycles. The van der Waals surface area contributed by atoms with Gasteiger partial charge >= 0.3 is 0 Å². The Morgan fingerprint density at radius 1 is 1.30 bits per heavy atom. The Kier molecular flexibility index (Phi) is 6.56. The molecular formula is C22H28FN5O2. The van der Waals surface area contributed by atoms with Gasteiger partial charge in [0.05, 0.1) is 25.1 Å². The lowest BCUT2D eigenvalue weighted by atomic mass is 9.96. The Bertz CT molecular complexity index is 1010. The average Bonchev–Trinajstić information content (AvgIpc) is 3.34. The van der Waals surface area contributed by atoms with Gasteiger partial charge in [0.15, 0.2) is 5.96 Å². The maximum absolute atomic E-state index is 14.4. The minimum atomic E-state index is -1.13. The number of aliphatic hydroxyl groups is 1. The third-order valence-electron chi connectivity index (χ3n) is 4.78. The lowest BCUT2D eigenvalue weighted by Crippen LogP contribution is -2.44. The van der Waals surface area contributed by atoms with Gasteiger partial charge in [-0.3, -0.25) is 0 Å². The first kappa shape index (κ1) is 21.6. The zero-order valence-corrected chi connectivity index (χ0v) is 17.7. The van der Waals surface area contributed by atoms with Crippen LogP contribution in [0.5, 0.6) is 0 Å². The van der Waals surface area contributed by atoms with Gasteiger partial charge < -0.3 is 24.7 Å². The van der Waals surface area contributed by atoms with E-state index < -0.39 is 5.60 Å². The summed E-state index contributed by atoms with van der Waals surface area (Å²) in [4.78, 5) is 8.46. The molecule has 1 aromatic carbocycles. The number of benzene rings is 1. The van der Waals surface area contributed by atoms with Gasteiger partial charge in [0.1, 0.15) is 22.9 Å². The summed E-state index contributed by atoms with van der Waals surface area (Å²) in [7, 11) is 0. The van der Waals surface area contributed by atoms with Crippen LogP contribution in [0.3, 0.4) is 0 Å². The smallest absolute Gasteiger partial charge is 0.191 e. The number of aromatic nitrogens is 2. The second-order valence-corrected chi connectivity index (χ2v) is 7.41. The van der Waals surface area contributed by atoms with Crippen molar-refractivity contribution < 1.29 is 13.9 Å². The van der Waals surface area contributed by atoms with Gasteiger partial charge in [-0.1, -0.05) is 6.07 Å². The molecule has 1 unspecified atom stereocenters. The zero-order chi connectivity index (χ0) is 21.7. The minimum Gasteiger partial charge on any atom is -0.466 e. The Morgan fingerprint density at radius 2 is 2.10 bits per heavy atom. The van der Waals surface area contributed by atoms with Crippen molar-refractivity contribution >= 4 is 5.96 Å². The molecule has 0 radical (unpaired) electrons. The lowest BCUT2D eigenvalue weighted by Gasteiger charge is -2.24. The first-order valence-corrected chi connectivity index (χ1v) is 9.89. The van der Waals surface area contributed by atoms with E-state index in [1.54, 1.807) is 36.3 Å². The van der Waals surface area contributed by atoms with Crippen LogP contribution in [-0.4, -0.2) is 33.7 Å². The highest BCUT2D eigenvalue weighted by Crippen LogP contribution is 2.26. The van der Waals surface area contributed by atoms with Gasteiger partial charge in [0.25, 0.3) is 0 Å². The van der Waals surface area contributed by atoms with E-state index in [1.807, 2.05) is 32.9 Å². The zero-order valence-electron chi connectivity index (χ0n) is 17.7. The number of halogens is 1. The van der Waals surface area contributed by atoms with Crippen molar-refractivity contribution in [2.75, 3.05) is 13.1 Å². The second-order valence-electron chi connectivity index (χ2n) is 7.41. The van der Waals surface area contributed by atoms with Crippen molar-refractivity contribution in [3.63, 3.8) is 0 Å². The van der Waals surface area contributed by atoms with Gasteiger partial charge in [-0.15, -0.1) is 0 Å². The Labute approximate surface area is 175 Å². The number of aryl methyl sites for hydroxylation is 2. The summed E-state index contributed by atoms with van der Waals surface area (Å²) in [6.45, 7) is 8.56. The Hall–Kier alpha value is -3.13. The van der Waals surface area contributed by atoms with Gasteiger partial charge in [0, 0.05) is 24.5 Å². The van der Waals surface area contributed by atoms with Crippen molar-refractivity contribution in [2.24, 2.45) is 4.99 Å². The molecule has 1 atom stereocenters. The average molecular weight is 413 g/mol. The van der Waals surface area contributed by atoms with Crippen LogP contribution in [0, 0.1) is 19.7 Å². The number of nitrogens with one attached hydrogen (secondary N) is 2. The molecule has 0 bridgehead atoms. The van der Waals surface area contributed by atoms with Crippen LogP contribution < -0.4 is 10.6 Å². The molecule has 0 aliphatic rings. The predicted molar refractivity (Wildman–Crippen MR) is 114 cm³/mol. The number of hydrogen-bond acceptors (Lipinski definition) is 4. The van der Waals surface area contributed by atoms with Crippen LogP contribution in [0.4, 0.5) is 4.39 Å². The molecule has 2 heterocycles. The molecule has 160 valence electrons. The van der Waals surface area contributed by atoms with Crippen LogP contribution in [-0.2, 0) is 12.1 Å². The van der Waals surface area contributed by atoms with Crippen LogP contribution in [0.1, 0.15) is 36.5 Å². The summed E-state index contributed by atoms with van der Waals surface area (Å²) in [5.41, 5.74) is 0.783. The first-order valence-electron chi connectivity index (χ1n) is 9.89. The van der Waals surface area contributed by atoms with Crippen LogP contribution >= 0.6 is 0 Å². The van der Waals surface area contributed by atoms with Crippen LogP contribution in [0.2, 0.25) is 0 Å². The fourth-order valence-corrected chi connectivity index (χ4v) is 3.29. The number of hydrogen-bond donors (Lipinski definition) is 3. The third-order valence-corrected chi connectivity index (χ3v) is 4.78. The van der Waals surface area contributed by atoms with Gasteiger partial charge in [-0.2, -0.15) is 0 Å². The normalized spacial score (nSPS) is 13.9. The summed E-state index contributed by atoms with van der Waals surface area (Å²) >= 11 is 0. The molecule has 3 rings (SSSR count). The molecule has 0 saturated carbocycles. The van der Waals surface area contributed by atoms with Gasteiger partial charge in [-0.05, 0) is 51.5 Å². The summed E-state index contributed by atoms with van der Waals surface area (Å²) < 4.78 is 21.6. The van der Waals surface area contributed by atoms with E-state index >= 15 is 0 Å². The van der Waals surface area contributed by atoms with E-state index in [-0.39, 0.29) is 12.4 Å².